The van der Waals surface area contributed by atoms with Crippen molar-refractivity contribution in [3.05, 3.63) is 35.1 Å². The highest BCUT2D eigenvalue weighted by molar-refractivity contribution is 5.98. The van der Waals surface area contributed by atoms with Crippen LogP contribution in [0.1, 0.15) is 68.8 Å². The first-order valence-corrected chi connectivity index (χ1v) is 9.45. The number of hydrogen-bond acceptors (Lipinski definition) is 4. The van der Waals surface area contributed by atoms with Crippen molar-refractivity contribution >= 4 is 11.9 Å². The first kappa shape index (κ1) is 19.3. The van der Waals surface area contributed by atoms with Crippen LogP contribution in [-0.4, -0.2) is 34.5 Å². The molecule has 0 N–H and O–H groups in total. The molecule has 1 aromatic rings. The van der Waals surface area contributed by atoms with Gasteiger partial charge in [-0.05, 0) is 71.1 Å². The van der Waals surface area contributed by atoms with Gasteiger partial charge in [0.1, 0.15) is 11.4 Å². The highest BCUT2D eigenvalue weighted by Gasteiger charge is 2.44. The number of halogens is 1. The number of ether oxygens (including phenoxy) is 1. The van der Waals surface area contributed by atoms with Crippen LogP contribution in [0, 0.1) is 23.1 Å². The van der Waals surface area contributed by atoms with E-state index in [2.05, 4.69) is 0 Å². The molecule has 3 rings (SSSR count). The summed E-state index contributed by atoms with van der Waals surface area (Å²) >= 11 is 0. The van der Waals surface area contributed by atoms with Crippen molar-refractivity contribution in [2.45, 2.75) is 70.6 Å². The quantitative estimate of drug-likeness (QED) is 0.719. The standard InChI is InChI=1S/C21H25FN2O3/c1-21(2,3)27-20(26)24-15-5-4-6-16(24)11-14(10-15)19(25)17-9-13(12-23)7-8-18(17)22/h7-9,14-16H,4-6,10-11H2,1-3H3. The third-order valence-corrected chi connectivity index (χ3v) is 5.31. The molecule has 2 atom stereocenters. The Labute approximate surface area is 159 Å². The number of benzene rings is 1. The van der Waals surface area contributed by atoms with E-state index in [4.69, 9.17) is 10.00 Å². The lowest BCUT2D eigenvalue weighted by Crippen LogP contribution is -2.56. The molecule has 1 aromatic carbocycles. The molecule has 144 valence electrons. The van der Waals surface area contributed by atoms with Crippen LogP contribution in [0.25, 0.3) is 0 Å². The number of carbonyl (C=O) groups excluding carboxylic acids is 2. The number of nitriles is 1. The lowest BCUT2D eigenvalue weighted by molar-refractivity contribution is -0.0261. The summed E-state index contributed by atoms with van der Waals surface area (Å²) in [7, 11) is 0. The lowest BCUT2D eigenvalue weighted by Gasteiger charge is -2.48. The van der Waals surface area contributed by atoms with Crippen LogP contribution >= 0.6 is 0 Å². The largest absolute Gasteiger partial charge is 0.444 e. The van der Waals surface area contributed by atoms with Crippen molar-refractivity contribution in [1.82, 2.24) is 4.90 Å². The maximum absolute atomic E-state index is 14.2. The summed E-state index contributed by atoms with van der Waals surface area (Å²) in [5.74, 6) is -1.22. The summed E-state index contributed by atoms with van der Waals surface area (Å²) in [6, 6.07) is 5.68. The average molecular weight is 372 g/mol. The molecule has 2 bridgehead atoms. The second-order valence-electron chi connectivity index (χ2n) is 8.47. The van der Waals surface area contributed by atoms with E-state index < -0.39 is 11.4 Å². The van der Waals surface area contributed by atoms with Crippen LogP contribution in [0.5, 0.6) is 0 Å². The fourth-order valence-corrected chi connectivity index (χ4v) is 4.21. The maximum Gasteiger partial charge on any atom is 0.410 e. The summed E-state index contributed by atoms with van der Waals surface area (Å²) in [5.41, 5.74) is -0.326. The zero-order valence-electron chi connectivity index (χ0n) is 16.0. The fraction of sp³-hybridized carbons (Fsp3) is 0.571. The summed E-state index contributed by atoms with van der Waals surface area (Å²) in [5, 5.41) is 9.02. The molecule has 5 nitrogen and oxygen atoms in total. The molecule has 2 heterocycles. The topological polar surface area (TPSA) is 70.4 Å². The Morgan fingerprint density at radius 1 is 1.22 bits per heavy atom. The minimum atomic E-state index is -0.598. The van der Waals surface area contributed by atoms with Crippen molar-refractivity contribution in [1.29, 1.82) is 5.26 Å². The van der Waals surface area contributed by atoms with Crippen LogP contribution in [-0.2, 0) is 4.74 Å². The molecule has 6 heteroatoms. The minimum absolute atomic E-state index is 0.0251. The highest BCUT2D eigenvalue weighted by atomic mass is 19.1. The predicted molar refractivity (Wildman–Crippen MR) is 97.7 cm³/mol. The molecule has 1 amide bonds. The van der Waals surface area contributed by atoms with Gasteiger partial charge in [-0.15, -0.1) is 0 Å². The number of ketones is 1. The summed E-state index contributed by atoms with van der Waals surface area (Å²) < 4.78 is 19.7. The van der Waals surface area contributed by atoms with Crippen LogP contribution in [0.2, 0.25) is 0 Å². The molecule has 0 spiro atoms. The molecular weight excluding hydrogens is 347 g/mol. The van der Waals surface area contributed by atoms with Gasteiger partial charge >= 0.3 is 6.09 Å². The van der Waals surface area contributed by atoms with Gasteiger partial charge in [0.05, 0.1) is 17.2 Å². The van der Waals surface area contributed by atoms with Gasteiger partial charge in [0.25, 0.3) is 0 Å². The molecule has 0 aliphatic carbocycles. The maximum atomic E-state index is 14.2. The Balaban J connectivity index is 1.80. The first-order valence-electron chi connectivity index (χ1n) is 9.45. The van der Waals surface area contributed by atoms with Gasteiger partial charge in [-0.3, -0.25) is 4.79 Å². The van der Waals surface area contributed by atoms with Gasteiger partial charge in [-0.25, -0.2) is 9.18 Å². The number of hydrogen-bond donors (Lipinski definition) is 0. The van der Waals surface area contributed by atoms with Crippen molar-refractivity contribution < 1.29 is 18.7 Å². The van der Waals surface area contributed by atoms with Crippen molar-refractivity contribution in [2.24, 2.45) is 5.92 Å². The van der Waals surface area contributed by atoms with Gasteiger partial charge in [-0.2, -0.15) is 5.26 Å². The third kappa shape index (κ3) is 4.13. The molecular formula is C21H25FN2O3. The first-order chi connectivity index (χ1) is 12.7. The summed E-state index contributed by atoms with van der Waals surface area (Å²) in [6.07, 6.45) is 3.32. The number of rotatable bonds is 2. The van der Waals surface area contributed by atoms with Crippen molar-refractivity contribution in [2.75, 3.05) is 0 Å². The number of carbonyl (C=O) groups is 2. The second-order valence-corrected chi connectivity index (χ2v) is 8.47. The Morgan fingerprint density at radius 3 is 2.41 bits per heavy atom. The lowest BCUT2D eigenvalue weighted by atomic mass is 9.75. The number of amides is 1. The molecule has 2 unspecified atom stereocenters. The molecule has 2 aliphatic heterocycles. The zero-order chi connectivity index (χ0) is 19.8. The predicted octanol–water partition coefficient (Wildman–Crippen LogP) is 4.45. The van der Waals surface area contributed by atoms with E-state index in [-0.39, 0.29) is 41.0 Å². The number of nitrogens with zero attached hydrogens (tertiary/aromatic N) is 2. The normalized spacial score (nSPS) is 24.9. The summed E-state index contributed by atoms with van der Waals surface area (Å²) in [4.78, 5) is 27.4. The van der Waals surface area contributed by atoms with E-state index in [0.29, 0.717) is 12.8 Å². The fourth-order valence-electron chi connectivity index (χ4n) is 4.21. The molecule has 27 heavy (non-hydrogen) atoms. The molecule has 2 saturated heterocycles. The van der Waals surface area contributed by atoms with E-state index in [1.165, 1.54) is 18.2 Å². The molecule has 2 fully saturated rings. The Hall–Kier alpha value is -2.42. The molecule has 0 radical (unpaired) electrons. The van der Waals surface area contributed by atoms with E-state index in [1.54, 1.807) is 4.90 Å². The van der Waals surface area contributed by atoms with E-state index in [9.17, 15) is 14.0 Å². The third-order valence-electron chi connectivity index (χ3n) is 5.31. The second kappa shape index (κ2) is 7.30. The minimum Gasteiger partial charge on any atom is -0.444 e. The Kier molecular flexibility index (Phi) is 5.23. The smallest absolute Gasteiger partial charge is 0.410 e. The van der Waals surface area contributed by atoms with Crippen LogP contribution in [0.3, 0.4) is 0 Å². The summed E-state index contributed by atoms with van der Waals surface area (Å²) in [6.45, 7) is 5.51. The van der Waals surface area contributed by atoms with Crippen molar-refractivity contribution in [3.8, 4) is 6.07 Å². The van der Waals surface area contributed by atoms with Gasteiger partial charge < -0.3 is 9.64 Å². The van der Waals surface area contributed by atoms with E-state index in [0.717, 1.165) is 19.3 Å². The Bertz CT molecular complexity index is 780. The van der Waals surface area contributed by atoms with Gasteiger partial charge in [0.15, 0.2) is 5.78 Å². The van der Waals surface area contributed by atoms with Gasteiger partial charge in [0, 0.05) is 18.0 Å². The average Bonchev–Trinajstić information content (AvgIpc) is 2.59. The Morgan fingerprint density at radius 2 is 1.85 bits per heavy atom. The highest BCUT2D eigenvalue weighted by Crippen LogP contribution is 2.39. The van der Waals surface area contributed by atoms with Crippen LogP contribution in [0.15, 0.2) is 18.2 Å². The van der Waals surface area contributed by atoms with Crippen LogP contribution in [0.4, 0.5) is 9.18 Å². The van der Waals surface area contributed by atoms with E-state index in [1.807, 2.05) is 26.8 Å². The number of fused-ring (bicyclic) bond motifs is 2. The SMILES string of the molecule is CC(C)(C)OC(=O)N1C2CCCC1CC(C(=O)c1cc(C#N)ccc1F)C2. The molecule has 2 aliphatic rings. The van der Waals surface area contributed by atoms with Gasteiger partial charge in [-0.1, -0.05) is 0 Å². The zero-order valence-corrected chi connectivity index (χ0v) is 16.0. The number of Topliss-reactive ketones (excluding diaryl/α,β-unsaturated/α-hetero) is 1. The van der Waals surface area contributed by atoms with E-state index >= 15 is 0 Å². The number of piperidine rings is 2. The van der Waals surface area contributed by atoms with Gasteiger partial charge in [0.2, 0.25) is 0 Å². The molecule has 0 saturated carbocycles. The van der Waals surface area contributed by atoms with Crippen LogP contribution < -0.4 is 0 Å². The van der Waals surface area contributed by atoms with Crippen molar-refractivity contribution in [3.63, 3.8) is 0 Å². The monoisotopic (exact) mass is 372 g/mol. The molecule has 0 aromatic heterocycles.